The first-order chi connectivity index (χ1) is 13.3. The molecule has 0 atom stereocenters. The first-order valence-corrected chi connectivity index (χ1v) is 10.5. The highest BCUT2D eigenvalue weighted by Gasteiger charge is 2.34. The number of benzene rings is 1. The van der Waals surface area contributed by atoms with Gasteiger partial charge < -0.3 is 20.1 Å². The molecule has 0 unspecified atom stereocenters. The van der Waals surface area contributed by atoms with Crippen molar-refractivity contribution >= 4 is 5.96 Å². The Morgan fingerprint density at radius 1 is 1.07 bits per heavy atom. The van der Waals surface area contributed by atoms with Gasteiger partial charge in [-0.1, -0.05) is 43.7 Å². The van der Waals surface area contributed by atoms with E-state index in [0.717, 1.165) is 77.7 Å². The van der Waals surface area contributed by atoms with Gasteiger partial charge in [-0.3, -0.25) is 4.99 Å². The number of unbranched alkanes of at least 4 members (excludes halogenated alkanes) is 1. The van der Waals surface area contributed by atoms with Gasteiger partial charge in [0.2, 0.25) is 0 Å². The van der Waals surface area contributed by atoms with Crippen molar-refractivity contribution < 1.29 is 9.47 Å². The fraction of sp³-hybridized carbons (Fsp3) is 0.682. The maximum Gasteiger partial charge on any atom is 0.191 e. The van der Waals surface area contributed by atoms with Crippen molar-refractivity contribution in [1.82, 2.24) is 10.6 Å². The summed E-state index contributed by atoms with van der Waals surface area (Å²) in [6, 6.07) is 10.8. The highest BCUT2D eigenvalue weighted by molar-refractivity contribution is 5.79. The van der Waals surface area contributed by atoms with Gasteiger partial charge in [-0.05, 0) is 38.2 Å². The molecule has 1 fully saturated rings. The maximum absolute atomic E-state index is 5.63. The number of guanidine groups is 1. The quantitative estimate of drug-likeness (QED) is 0.353. The summed E-state index contributed by atoms with van der Waals surface area (Å²) in [4.78, 5) is 4.93. The zero-order valence-electron chi connectivity index (χ0n) is 17.1. The largest absolute Gasteiger partial charge is 0.381 e. The Morgan fingerprint density at radius 2 is 1.81 bits per heavy atom. The lowest BCUT2D eigenvalue weighted by Crippen LogP contribution is -2.41. The molecule has 5 heteroatoms. The first-order valence-electron chi connectivity index (χ1n) is 10.5. The number of ether oxygens (including phenoxy) is 2. The highest BCUT2D eigenvalue weighted by Crippen LogP contribution is 2.35. The van der Waals surface area contributed by atoms with Crippen LogP contribution in [0, 0.1) is 0 Å². The van der Waals surface area contributed by atoms with E-state index < -0.39 is 0 Å². The fourth-order valence-corrected chi connectivity index (χ4v) is 3.39. The lowest BCUT2D eigenvalue weighted by molar-refractivity contribution is 0.0531. The third kappa shape index (κ3) is 7.51. The molecule has 1 aliphatic heterocycles. The predicted molar refractivity (Wildman–Crippen MR) is 112 cm³/mol. The van der Waals surface area contributed by atoms with Crippen LogP contribution in [0.3, 0.4) is 0 Å². The number of nitrogens with zero attached hydrogens (tertiary/aromatic N) is 1. The van der Waals surface area contributed by atoms with Gasteiger partial charge in [0.05, 0.1) is 6.54 Å². The van der Waals surface area contributed by atoms with Gasteiger partial charge in [0.1, 0.15) is 0 Å². The molecule has 1 aromatic rings. The van der Waals surface area contributed by atoms with Gasteiger partial charge in [0.25, 0.3) is 0 Å². The van der Waals surface area contributed by atoms with Crippen molar-refractivity contribution in [3.63, 3.8) is 0 Å². The van der Waals surface area contributed by atoms with Crippen molar-refractivity contribution in [1.29, 1.82) is 0 Å². The van der Waals surface area contributed by atoms with E-state index in [9.17, 15) is 0 Å². The molecule has 1 heterocycles. The molecule has 2 N–H and O–H groups in total. The average molecular weight is 376 g/mol. The smallest absolute Gasteiger partial charge is 0.191 e. The summed E-state index contributed by atoms with van der Waals surface area (Å²) < 4.78 is 11.3. The third-order valence-electron chi connectivity index (χ3n) is 5.12. The fourth-order valence-electron chi connectivity index (χ4n) is 3.39. The molecule has 1 saturated heterocycles. The minimum absolute atomic E-state index is 0.0745. The van der Waals surface area contributed by atoms with Crippen LogP contribution in [0.25, 0.3) is 0 Å². The predicted octanol–water partition coefficient (Wildman–Crippen LogP) is 3.50. The summed E-state index contributed by atoms with van der Waals surface area (Å²) in [7, 11) is 0. The molecule has 1 aliphatic rings. The molecule has 0 saturated carbocycles. The minimum Gasteiger partial charge on any atom is -0.381 e. The van der Waals surface area contributed by atoms with Gasteiger partial charge in [-0.15, -0.1) is 0 Å². The van der Waals surface area contributed by atoms with Crippen molar-refractivity contribution in [3.8, 4) is 0 Å². The number of rotatable bonds is 11. The Bertz CT molecular complexity index is 528. The average Bonchev–Trinajstić information content (AvgIpc) is 2.72. The van der Waals surface area contributed by atoms with Gasteiger partial charge in [-0.25, -0.2) is 0 Å². The summed E-state index contributed by atoms with van der Waals surface area (Å²) in [5.74, 6) is 0.896. The molecule has 27 heavy (non-hydrogen) atoms. The van der Waals surface area contributed by atoms with Crippen molar-refractivity contribution in [2.24, 2.45) is 4.99 Å². The van der Waals surface area contributed by atoms with Crippen LogP contribution in [0.5, 0.6) is 0 Å². The van der Waals surface area contributed by atoms with Crippen LogP contribution in [-0.2, 0) is 14.9 Å². The maximum atomic E-state index is 5.63. The molecule has 0 aromatic heterocycles. The van der Waals surface area contributed by atoms with Crippen LogP contribution in [0.15, 0.2) is 35.3 Å². The Balaban J connectivity index is 1.90. The van der Waals surface area contributed by atoms with Crippen LogP contribution < -0.4 is 10.6 Å². The molecule has 0 amide bonds. The lowest BCUT2D eigenvalue weighted by Gasteiger charge is -2.36. The molecule has 2 rings (SSSR count). The SMILES string of the molecule is CCCCOCCCNC(=NCC1(c2ccccc2)CCOCC1)NCC. The molecular weight excluding hydrogens is 338 g/mol. The van der Waals surface area contributed by atoms with Gasteiger partial charge in [0.15, 0.2) is 5.96 Å². The van der Waals surface area contributed by atoms with Crippen molar-refractivity contribution in [3.05, 3.63) is 35.9 Å². The number of hydrogen-bond acceptors (Lipinski definition) is 3. The molecule has 0 aliphatic carbocycles. The van der Waals surface area contributed by atoms with Crippen molar-refractivity contribution in [2.45, 2.75) is 51.4 Å². The Labute approximate surface area is 164 Å². The van der Waals surface area contributed by atoms with E-state index in [2.05, 4.69) is 54.8 Å². The van der Waals surface area contributed by atoms with Gasteiger partial charge >= 0.3 is 0 Å². The van der Waals surface area contributed by atoms with Crippen LogP contribution in [0.4, 0.5) is 0 Å². The molecule has 0 bridgehead atoms. The molecule has 1 aromatic carbocycles. The van der Waals surface area contributed by atoms with Crippen LogP contribution >= 0.6 is 0 Å². The standard InChI is InChI=1S/C22H37N3O2/c1-3-5-15-26-16-9-14-24-21(23-4-2)25-19-22(12-17-27-18-13-22)20-10-7-6-8-11-20/h6-8,10-11H,3-5,9,12-19H2,1-2H3,(H2,23,24,25). The summed E-state index contributed by atoms with van der Waals surface area (Å²) in [5, 5.41) is 6.82. The summed E-state index contributed by atoms with van der Waals surface area (Å²) in [6.07, 6.45) is 5.36. The van der Waals surface area contributed by atoms with Crippen molar-refractivity contribution in [2.75, 3.05) is 46.1 Å². The molecule has 0 spiro atoms. The highest BCUT2D eigenvalue weighted by atomic mass is 16.5. The normalized spacial score (nSPS) is 16.9. The van der Waals surface area contributed by atoms with E-state index in [1.54, 1.807) is 0 Å². The monoisotopic (exact) mass is 375 g/mol. The lowest BCUT2D eigenvalue weighted by atomic mass is 9.74. The summed E-state index contributed by atoms with van der Waals surface area (Å²) in [6.45, 7) is 10.1. The second-order valence-electron chi connectivity index (χ2n) is 7.20. The van der Waals surface area contributed by atoms with Crippen LogP contribution in [0.1, 0.15) is 51.5 Å². The van der Waals surface area contributed by atoms with Crippen LogP contribution in [0.2, 0.25) is 0 Å². The van der Waals surface area contributed by atoms with E-state index in [1.165, 1.54) is 12.0 Å². The van der Waals surface area contributed by atoms with E-state index in [1.807, 2.05) is 0 Å². The second kappa shape index (κ2) is 12.7. The summed E-state index contributed by atoms with van der Waals surface area (Å²) >= 11 is 0. The third-order valence-corrected chi connectivity index (χ3v) is 5.12. The minimum atomic E-state index is 0.0745. The van der Waals surface area contributed by atoms with E-state index in [-0.39, 0.29) is 5.41 Å². The molecular formula is C22H37N3O2. The number of hydrogen-bond donors (Lipinski definition) is 2. The second-order valence-corrected chi connectivity index (χ2v) is 7.20. The zero-order valence-corrected chi connectivity index (χ0v) is 17.1. The summed E-state index contributed by atoms with van der Waals surface area (Å²) in [5.41, 5.74) is 1.45. The topological polar surface area (TPSA) is 54.9 Å². The Hall–Kier alpha value is -1.59. The number of aliphatic imine (C=N–C) groups is 1. The Kier molecular flexibility index (Phi) is 10.2. The first kappa shape index (κ1) is 21.7. The van der Waals surface area contributed by atoms with Gasteiger partial charge in [0, 0.05) is 44.9 Å². The molecule has 0 radical (unpaired) electrons. The van der Waals surface area contributed by atoms with Crippen LogP contribution in [-0.4, -0.2) is 52.0 Å². The number of nitrogens with one attached hydrogen (secondary N) is 2. The van der Waals surface area contributed by atoms with E-state index in [0.29, 0.717) is 0 Å². The molecule has 152 valence electrons. The van der Waals surface area contributed by atoms with E-state index >= 15 is 0 Å². The zero-order chi connectivity index (χ0) is 19.2. The van der Waals surface area contributed by atoms with Gasteiger partial charge in [-0.2, -0.15) is 0 Å². The Morgan fingerprint density at radius 3 is 2.52 bits per heavy atom. The van der Waals surface area contributed by atoms with E-state index in [4.69, 9.17) is 14.5 Å². The molecule has 5 nitrogen and oxygen atoms in total.